The highest BCUT2D eigenvalue weighted by molar-refractivity contribution is 5.93. The van der Waals surface area contributed by atoms with Gasteiger partial charge in [-0.15, -0.1) is 10.3 Å². The number of carbonyl (C=O) groups is 1. The zero-order valence-corrected chi connectivity index (χ0v) is 16.1. The molecule has 1 heterocycles. The summed E-state index contributed by atoms with van der Waals surface area (Å²) in [5.74, 6) is -0.175. The predicted octanol–water partition coefficient (Wildman–Crippen LogP) is 4.82. The number of esters is 1. The van der Waals surface area contributed by atoms with Gasteiger partial charge in [0.1, 0.15) is 5.41 Å². The summed E-state index contributed by atoms with van der Waals surface area (Å²) in [4.78, 5) is 13.0. The Kier molecular flexibility index (Phi) is 6.14. The van der Waals surface area contributed by atoms with Gasteiger partial charge in [0.05, 0.1) is 12.6 Å². The summed E-state index contributed by atoms with van der Waals surface area (Å²) < 4.78 is 5.47. The van der Waals surface area contributed by atoms with E-state index in [0.717, 1.165) is 51.4 Å². The number of rotatable bonds is 9. The van der Waals surface area contributed by atoms with E-state index >= 15 is 0 Å². The monoisotopic (exact) mass is 336 g/mol. The maximum atomic E-state index is 13.0. The zero-order valence-electron chi connectivity index (χ0n) is 16.1. The lowest BCUT2D eigenvalue weighted by Crippen LogP contribution is -2.48. The van der Waals surface area contributed by atoms with Gasteiger partial charge in [0.15, 0.2) is 0 Å². The lowest BCUT2D eigenvalue weighted by molar-refractivity contribution is -0.233. The summed E-state index contributed by atoms with van der Waals surface area (Å²) in [6.45, 7) is 10.5. The summed E-state index contributed by atoms with van der Waals surface area (Å²) in [5.41, 5.74) is 1.34. The quantitative estimate of drug-likeness (QED) is 0.448. The summed E-state index contributed by atoms with van der Waals surface area (Å²) in [5, 5.41) is 14.1. The Morgan fingerprint density at radius 1 is 1.12 bits per heavy atom. The Labute approximate surface area is 147 Å². The smallest absolute Gasteiger partial charge is 0.322 e. The molecule has 0 saturated carbocycles. The third kappa shape index (κ3) is 3.15. The van der Waals surface area contributed by atoms with E-state index in [4.69, 9.17) is 4.74 Å². The van der Waals surface area contributed by atoms with Gasteiger partial charge >= 0.3 is 5.97 Å². The fourth-order valence-electron chi connectivity index (χ4n) is 4.37. The van der Waals surface area contributed by atoms with E-state index < -0.39 is 11.0 Å². The third-order valence-electron chi connectivity index (χ3n) is 5.82. The molecule has 4 nitrogen and oxygen atoms in total. The number of carbonyl (C=O) groups excluding carboxylic acids is 1. The second-order valence-electron chi connectivity index (χ2n) is 7.89. The van der Waals surface area contributed by atoms with Gasteiger partial charge in [0, 0.05) is 5.54 Å². The number of ether oxygens (including phenoxy) is 1. The highest BCUT2D eigenvalue weighted by Crippen LogP contribution is 2.64. The van der Waals surface area contributed by atoms with Crippen LogP contribution in [-0.4, -0.2) is 29.2 Å². The molecule has 0 aromatic carbocycles. The zero-order chi connectivity index (χ0) is 18.0. The van der Waals surface area contributed by atoms with Gasteiger partial charge in [0.2, 0.25) is 0 Å². The summed E-state index contributed by atoms with van der Waals surface area (Å²) in [7, 11) is 0. The number of hydrogen-bond acceptors (Lipinski definition) is 3. The largest absolute Gasteiger partial charge is 0.465 e. The van der Waals surface area contributed by atoms with E-state index in [2.05, 4.69) is 13.8 Å². The van der Waals surface area contributed by atoms with Gasteiger partial charge in [-0.1, -0.05) is 26.7 Å². The molecule has 1 unspecified atom stereocenters. The molecule has 1 radical (unpaired) electrons. The molecule has 0 N–H and O–H groups in total. The Bertz CT molecular complexity index is 477. The standard InChI is InChI=1S/C20H34NO3/c1-6-9-11-15-16(12-10-7-2)20(15,18(22)24-8-3)17-13-14-19(4,5)21(17)23/h17H,6-14H2,1-5H3. The maximum Gasteiger partial charge on any atom is 0.322 e. The fourth-order valence-corrected chi connectivity index (χ4v) is 4.37. The topological polar surface area (TPSA) is 49.4 Å². The van der Waals surface area contributed by atoms with Crippen LogP contribution < -0.4 is 0 Å². The van der Waals surface area contributed by atoms with Gasteiger partial charge in [-0.25, -0.2) is 0 Å². The average Bonchev–Trinajstić information content (AvgIpc) is 3.09. The first-order valence-corrected chi connectivity index (χ1v) is 9.74. The molecule has 2 rings (SSSR count). The van der Waals surface area contributed by atoms with E-state index in [1.54, 1.807) is 0 Å². The first-order valence-electron chi connectivity index (χ1n) is 9.74. The van der Waals surface area contributed by atoms with E-state index in [0.29, 0.717) is 6.61 Å². The van der Waals surface area contributed by atoms with Crippen molar-refractivity contribution in [1.82, 2.24) is 5.06 Å². The molecule has 1 saturated heterocycles. The third-order valence-corrected chi connectivity index (χ3v) is 5.82. The molecule has 0 aromatic heterocycles. The second-order valence-corrected chi connectivity index (χ2v) is 7.89. The Hall–Kier alpha value is -0.870. The van der Waals surface area contributed by atoms with Crippen molar-refractivity contribution in [3.63, 3.8) is 0 Å². The molecular weight excluding hydrogens is 302 g/mol. The Morgan fingerprint density at radius 2 is 1.67 bits per heavy atom. The Morgan fingerprint density at radius 3 is 2.04 bits per heavy atom. The molecule has 1 aliphatic heterocycles. The van der Waals surface area contributed by atoms with E-state index in [9.17, 15) is 10.0 Å². The van der Waals surface area contributed by atoms with Crippen LogP contribution in [0.4, 0.5) is 0 Å². The molecule has 2 aliphatic rings. The fraction of sp³-hybridized carbons (Fsp3) is 0.850. The lowest BCUT2D eigenvalue weighted by atomic mass is 9.84. The first-order chi connectivity index (χ1) is 11.4. The Balaban J connectivity index is 2.33. The minimum Gasteiger partial charge on any atom is -0.465 e. The van der Waals surface area contributed by atoms with Crippen LogP contribution in [0.1, 0.15) is 86.0 Å². The molecule has 0 spiro atoms. The minimum absolute atomic E-state index is 0.175. The van der Waals surface area contributed by atoms with E-state index in [1.165, 1.54) is 16.2 Å². The molecule has 24 heavy (non-hydrogen) atoms. The number of hydrogen-bond donors (Lipinski definition) is 0. The van der Waals surface area contributed by atoms with Gasteiger partial charge < -0.3 is 4.74 Å². The summed E-state index contributed by atoms with van der Waals surface area (Å²) in [6, 6.07) is -0.273. The van der Waals surface area contributed by atoms with Crippen molar-refractivity contribution in [3.05, 3.63) is 11.1 Å². The van der Waals surface area contributed by atoms with Crippen molar-refractivity contribution in [2.75, 3.05) is 6.61 Å². The van der Waals surface area contributed by atoms with Gasteiger partial charge in [0.25, 0.3) is 0 Å². The molecule has 0 amide bonds. The highest BCUT2D eigenvalue weighted by Gasteiger charge is 2.67. The van der Waals surface area contributed by atoms with Gasteiger partial charge in [-0.05, 0) is 70.4 Å². The van der Waals surface area contributed by atoms with E-state index in [-0.39, 0.29) is 12.0 Å². The minimum atomic E-state index is -0.712. The van der Waals surface area contributed by atoms with Crippen LogP contribution in [0.3, 0.4) is 0 Å². The molecule has 1 fully saturated rings. The van der Waals surface area contributed by atoms with Crippen LogP contribution in [0.15, 0.2) is 11.1 Å². The molecule has 1 aliphatic carbocycles. The van der Waals surface area contributed by atoms with E-state index in [1.807, 2.05) is 20.8 Å². The van der Waals surface area contributed by atoms with Crippen molar-refractivity contribution in [2.45, 2.75) is 97.6 Å². The van der Waals surface area contributed by atoms with Crippen LogP contribution in [0, 0.1) is 5.41 Å². The van der Waals surface area contributed by atoms with Crippen LogP contribution in [0.5, 0.6) is 0 Å². The van der Waals surface area contributed by atoms with Crippen LogP contribution in [-0.2, 0) is 14.7 Å². The predicted molar refractivity (Wildman–Crippen MR) is 94.8 cm³/mol. The van der Waals surface area contributed by atoms with Crippen molar-refractivity contribution in [2.24, 2.45) is 5.41 Å². The first kappa shape index (κ1) is 19.5. The van der Waals surface area contributed by atoms with Crippen molar-refractivity contribution in [3.8, 4) is 0 Å². The number of unbranched alkanes of at least 4 members (excludes halogenated alkanes) is 2. The summed E-state index contributed by atoms with van der Waals surface area (Å²) >= 11 is 0. The summed E-state index contributed by atoms with van der Waals surface area (Å²) in [6.07, 6.45) is 7.81. The lowest BCUT2D eigenvalue weighted by Gasteiger charge is -2.33. The maximum absolute atomic E-state index is 13.0. The normalized spacial score (nSPS) is 25.2. The molecule has 0 aromatic rings. The van der Waals surface area contributed by atoms with Gasteiger partial charge in [-0.2, -0.15) is 0 Å². The molecule has 1 atom stereocenters. The highest BCUT2D eigenvalue weighted by atomic mass is 16.5. The van der Waals surface area contributed by atoms with Crippen molar-refractivity contribution >= 4 is 5.97 Å². The van der Waals surface area contributed by atoms with Crippen LogP contribution >= 0.6 is 0 Å². The molecule has 137 valence electrons. The molecule has 0 bridgehead atoms. The SMILES string of the molecule is CCCCC1=C(CCCC)C1(C(=O)OCC)C1CCC(C)(C)N1[O]. The second kappa shape index (κ2) is 7.57. The van der Waals surface area contributed by atoms with Crippen LogP contribution in [0.25, 0.3) is 0 Å². The van der Waals surface area contributed by atoms with Gasteiger partial charge in [-0.3, -0.25) is 4.79 Å². The molecular formula is C20H34NO3. The van der Waals surface area contributed by atoms with Crippen molar-refractivity contribution < 1.29 is 14.7 Å². The number of hydroxylamine groups is 2. The molecule has 4 heteroatoms. The average molecular weight is 336 g/mol. The van der Waals surface area contributed by atoms with Crippen molar-refractivity contribution in [1.29, 1.82) is 0 Å². The van der Waals surface area contributed by atoms with Crippen LogP contribution in [0.2, 0.25) is 0 Å². The number of nitrogens with zero attached hydrogens (tertiary/aromatic N) is 1.